The van der Waals surface area contributed by atoms with E-state index in [2.05, 4.69) is 10.3 Å². The molecule has 1 N–H and O–H groups in total. The fourth-order valence-corrected chi connectivity index (χ4v) is 3.10. The fraction of sp³-hybridized carbons (Fsp3) is 0.0526. The molecule has 0 saturated heterocycles. The topological polar surface area (TPSA) is 68.3 Å². The van der Waals surface area contributed by atoms with E-state index in [-0.39, 0.29) is 11.4 Å². The summed E-state index contributed by atoms with van der Waals surface area (Å²) < 4.78 is 24.8. The van der Waals surface area contributed by atoms with E-state index in [0.29, 0.717) is 16.7 Å². The number of halogens is 1. The number of benzene rings is 2. The average molecular weight is 368 g/mol. The number of furan rings is 1. The molecule has 0 spiro atoms. The molecule has 0 aliphatic heterocycles. The Balaban J connectivity index is 1.41. The number of oxazole rings is 1. The van der Waals surface area contributed by atoms with Crippen LogP contribution >= 0.6 is 11.8 Å². The van der Waals surface area contributed by atoms with Crippen molar-refractivity contribution in [3.63, 3.8) is 0 Å². The zero-order valence-corrected chi connectivity index (χ0v) is 14.3. The molecule has 0 aliphatic carbocycles. The Morgan fingerprint density at radius 1 is 1.04 bits per heavy atom. The van der Waals surface area contributed by atoms with Crippen molar-refractivity contribution in [2.75, 3.05) is 5.32 Å². The molecule has 0 aliphatic rings. The van der Waals surface area contributed by atoms with Gasteiger partial charge in [0.2, 0.25) is 0 Å². The van der Waals surface area contributed by atoms with Crippen LogP contribution in [0.2, 0.25) is 0 Å². The second-order valence-electron chi connectivity index (χ2n) is 5.44. The van der Waals surface area contributed by atoms with Gasteiger partial charge in [-0.3, -0.25) is 4.79 Å². The van der Waals surface area contributed by atoms with Crippen molar-refractivity contribution in [3.8, 4) is 0 Å². The van der Waals surface area contributed by atoms with Crippen molar-refractivity contribution in [3.05, 3.63) is 78.0 Å². The van der Waals surface area contributed by atoms with Crippen LogP contribution in [0.4, 0.5) is 10.1 Å². The number of nitrogens with one attached hydrogen (secondary N) is 1. The predicted molar refractivity (Wildman–Crippen MR) is 96.6 cm³/mol. The molecule has 1 amide bonds. The van der Waals surface area contributed by atoms with Crippen molar-refractivity contribution >= 4 is 34.5 Å². The summed E-state index contributed by atoms with van der Waals surface area (Å²) in [6, 6.07) is 16.7. The third-order valence-electron chi connectivity index (χ3n) is 3.62. The monoisotopic (exact) mass is 368 g/mol. The summed E-state index contributed by atoms with van der Waals surface area (Å²) in [7, 11) is 0. The molecule has 0 radical (unpaired) electrons. The third-order valence-corrected chi connectivity index (χ3v) is 4.47. The summed E-state index contributed by atoms with van der Waals surface area (Å²) in [6.07, 6.45) is 0. The summed E-state index contributed by atoms with van der Waals surface area (Å²) in [5.74, 6) is 0.157. The number of para-hydroxylation sites is 3. The molecule has 4 aromatic rings. The molecule has 0 bridgehead atoms. The van der Waals surface area contributed by atoms with Gasteiger partial charge in [0.15, 0.2) is 11.3 Å². The highest BCUT2D eigenvalue weighted by Gasteiger charge is 2.14. The van der Waals surface area contributed by atoms with Gasteiger partial charge in [0.25, 0.3) is 11.1 Å². The van der Waals surface area contributed by atoms with Crippen LogP contribution in [-0.4, -0.2) is 10.9 Å². The maximum Gasteiger partial charge on any atom is 0.291 e. The molecule has 2 heterocycles. The molecule has 7 heteroatoms. The molecule has 0 saturated carbocycles. The minimum atomic E-state index is -0.506. The van der Waals surface area contributed by atoms with E-state index < -0.39 is 11.7 Å². The van der Waals surface area contributed by atoms with Crippen LogP contribution in [0.25, 0.3) is 11.1 Å². The normalized spacial score (nSPS) is 11.0. The number of hydrogen-bond acceptors (Lipinski definition) is 5. The number of aromatic nitrogens is 1. The van der Waals surface area contributed by atoms with E-state index in [0.717, 1.165) is 11.1 Å². The van der Waals surface area contributed by atoms with Crippen molar-refractivity contribution in [1.82, 2.24) is 4.98 Å². The van der Waals surface area contributed by atoms with Gasteiger partial charge in [0.1, 0.15) is 17.1 Å². The Kier molecular flexibility index (Phi) is 4.45. The van der Waals surface area contributed by atoms with Crippen LogP contribution in [0.1, 0.15) is 16.3 Å². The average Bonchev–Trinajstić information content (AvgIpc) is 3.28. The van der Waals surface area contributed by atoms with E-state index in [1.165, 1.54) is 23.9 Å². The molecule has 4 rings (SSSR count). The Morgan fingerprint density at radius 2 is 1.85 bits per heavy atom. The van der Waals surface area contributed by atoms with Crippen LogP contribution in [0.5, 0.6) is 0 Å². The van der Waals surface area contributed by atoms with E-state index in [1.54, 1.807) is 24.3 Å². The number of rotatable bonds is 5. The maximum absolute atomic E-state index is 13.6. The lowest BCUT2D eigenvalue weighted by Gasteiger charge is -2.03. The third kappa shape index (κ3) is 3.48. The number of amides is 1. The number of anilines is 1. The van der Waals surface area contributed by atoms with Crippen LogP contribution in [0, 0.1) is 5.82 Å². The predicted octanol–water partition coefficient (Wildman–Crippen LogP) is 5.10. The van der Waals surface area contributed by atoms with Gasteiger partial charge in [-0.25, -0.2) is 9.37 Å². The smallest absolute Gasteiger partial charge is 0.291 e. The minimum absolute atomic E-state index is 0.108. The Morgan fingerprint density at radius 3 is 2.69 bits per heavy atom. The van der Waals surface area contributed by atoms with Gasteiger partial charge in [-0.05, 0) is 36.4 Å². The van der Waals surface area contributed by atoms with Gasteiger partial charge in [-0.2, -0.15) is 0 Å². The van der Waals surface area contributed by atoms with E-state index >= 15 is 0 Å². The van der Waals surface area contributed by atoms with Crippen molar-refractivity contribution < 1.29 is 18.0 Å². The lowest BCUT2D eigenvalue weighted by atomic mass is 10.3. The molecule has 5 nitrogen and oxygen atoms in total. The van der Waals surface area contributed by atoms with Gasteiger partial charge >= 0.3 is 0 Å². The number of thioether (sulfide) groups is 1. The Bertz CT molecular complexity index is 1040. The van der Waals surface area contributed by atoms with Gasteiger partial charge in [-0.1, -0.05) is 36.0 Å². The summed E-state index contributed by atoms with van der Waals surface area (Å²) in [4.78, 5) is 16.5. The molecular formula is C19H13FN2O3S. The summed E-state index contributed by atoms with van der Waals surface area (Å²) in [5.41, 5.74) is 1.62. The van der Waals surface area contributed by atoms with E-state index in [1.807, 2.05) is 24.3 Å². The van der Waals surface area contributed by atoms with Crippen LogP contribution in [0.3, 0.4) is 0 Å². The standard InChI is InChI=1S/C19H13FN2O3S/c20-13-5-1-2-6-14(13)21-18(23)17-10-9-12(24-17)11-26-19-22-15-7-3-4-8-16(15)25-19/h1-10H,11H2,(H,21,23). The lowest BCUT2D eigenvalue weighted by molar-refractivity contribution is 0.0995. The molecule has 0 atom stereocenters. The molecule has 26 heavy (non-hydrogen) atoms. The van der Waals surface area contributed by atoms with Crippen molar-refractivity contribution in [1.29, 1.82) is 0 Å². The molecule has 130 valence electrons. The van der Waals surface area contributed by atoms with Crippen molar-refractivity contribution in [2.45, 2.75) is 11.0 Å². The summed E-state index contributed by atoms with van der Waals surface area (Å²) >= 11 is 1.37. The fourth-order valence-electron chi connectivity index (χ4n) is 2.37. The minimum Gasteiger partial charge on any atom is -0.455 e. The molecule has 2 aromatic carbocycles. The van der Waals surface area contributed by atoms with E-state index in [9.17, 15) is 9.18 Å². The highest BCUT2D eigenvalue weighted by Crippen LogP contribution is 2.27. The van der Waals surface area contributed by atoms with Gasteiger partial charge < -0.3 is 14.2 Å². The highest BCUT2D eigenvalue weighted by molar-refractivity contribution is 7.98. The molecule has 0 fully saturated rings. The van der Waals surface area contributed by atoms with Crippen LogP contribution in [-0.2, 0) is 5.75 Å². The first-order valence-electron chi connectivity index (χ1n) is 7.82. The second-order valence-corrected chi connectivity index (χ2v) is 6.36. The number of nitrogens with zero attached hydrogens (tertiary/aromatic N) is 1. The highest BCUT2D eigenvalue weighted by atomic mass is 32.2. The first-order chi connectivity index (χ1) is 12.7. The lowest BCUT2D eigenvalue weighted by Crippen LogP contribution is -2.11. The SMILES string of the molecule is O=C(Nc1ccccc1F)c1ccc(CSc2nc3ccccc3o2)o1. The van der Waals surface area contributed by atoms with Crippen LogP contribution in [0.15, 0.2) is 74.7 Å². The molecule has 0 unspecified atom stereocenters. The van der Waals surface area contributed by atoms with Gasteiger partial charge in [-0.15, -0.1) is 0 Å². The summed E-state index contributed by atoms with van der Waals surface area (Å²) in [5, 5.41) is 3.01. The largest absolute Gasteiger partial charge is 0.455 e. The number of carbonyl (C=O) groups is 1. The van der Waals surface area contributed by atoms with Gasteiger partial charge in [0, 0.05) is 0 Å². The number of carbonyl (C=O) groups excluding carboxylic acids is 1. The first kappa shape index (κ1) is 16.4. The zero-order valence-electron chi connectivity index (χ0n) is 13.4. The zero-order chi connectivity index (χ0) is 17.9. The number of hydrogen-bond donors (Lipinski definition) is 1. The van der Waals surface area contributed by atoms with Crippen molar-refractivity contribution in [2.24, 2.45) is 0 Å². The second kappa shape index (κ2) is 7.05. The number of fused-ring (bicyclic) bond motifs is 1. The van der Waals surface area contributed by atoms with E-state index in [4.69, 9.17) is 8.83 Å². The quantitative estimate of drug-likeness (QED) is 0.496. The summed E-state index contributed by atoms with van der Waals surface area (Å²) in [6.45, 7) is 0. The Labute approximate surface area is 152 Å². The van der Waals surface area contributed by atoms with Gasteiger partial charge in [0.05, 0.1) is 11.4 Å². The molecule has 2 aromatic heterocycles. The Hall–Kier alpha value is -3.06. The maximum atomic E-state index is 13.6. The first-order valence-corrected chi connectivity index (χ1v) is 8.80. The molecular weight excluding hydrogens is 355 g/mol. The van der Waals surface area contributed by atoms with Crippen LogP contribution < -0.4 is 5.32 Å².